The van der Waals surface area contributed by atoms with Gasteiger partial charge in [-0.15, -0.1) is 0 Å². The lowest BCUT2D eigenvalue weighted by Gasteiger charge is -2.05. The summed E-state index contributed by atoms with van der Waals surface area (Å²) < 4.78 is 5.32. The second kappa shape index (κ2) is 5.48. The van der Waals surface area contributed by atoms with Gasteiger partial charge in [0.05, 0.1) is 4.92 Å². The van der Waals surface area contributed by atoms with E-state index in [9.17, 15) is 10.1 Å². The molecule has 0 bridgehead atoms. The van der Waals surface area contributed by atoms with Gasteiger partial charge in [-0.25, -0.2) is 4.98 Å². The van der Waals surface area contributed by atoms with Gasteiger partial charge in [0.25, 0.3) is 5.88 Å². The lowest BCUT2D eigenvalue weighted by molar-refractivity contribution is -0.386. The quantitative estimate of drug-likeness (QED) is 0.273. The Hall–Kier alpha value is -3.12. The van der Waals surface area contributed by atoms with Crippen LogP contribution in [0.1, 0.15) is 0 Å². The minimum absolute atomic E-state index is 0.120. The summed E-state index contributed by atoms with van der Waals surface area (Å²) in [5, 5.41) is 14.2. The maximum Gasteiger partial charge on any atom is 0.331 e. The van der Waals surface area contributed by atoms with Crippen LogP contribution in [-0.2, 0) is 0 Å². The molecule has 0 N–H and O–H groups in total. The van der Waals surface area contributed by atoms with Crippen LogP contribution in [0.5, 0.6) is 11.6 Å². The molecule has 19 heavy (non-hydrogen) atoms. The zero-order chi connectivity index (χ0) is 13.7. The molecule has 0 saturated carbocycles. The van der Waals surface area contributed by atoms with E-state index in [1.807, 2.05) is 0 Å². The van der Waals surface area contributed by atoms with E-state index in [0.29, 0.717) is 11.4 Å². The maximum absolute atomic E-state index is 10.8. The van der Waals surface area contributed by atoms with Crippen molar-refractivity contribution < 1.29 is 9.66 Å². The van der Waals surface area contributed by atoms with Crippen molar-refractivity contribution in [1.29, 1.82) is 0 Å². The fourth-order valence-corrected chi connectivity index (χ4v) is 1.37. The van der Waals surface area contributed by atoms with Crippen LogP contribution in [0.2, 0.25) is 0 Å². The number of nitrogens with zero attached hydrogens (tertiary/aromatic N) is 5. The van der Waals surface area contributed by atoms with Crippen molar-refractivity contribution in [2.75, 3.05) is 0 Å². The first kappa shape index (κ1) is 12.3. The minimum Gasteiger partial charge on any atom is -0.434 e. The first-order valence-corrected chi connectivity index (χ1v) is 5.13. The second-order valence-electron chi connectivity index (χ2n) is 3.37. The lowest BCUT2D eigenvalue weighted by atomic mass is 10.3. The van der Waals surface area contributed by atoms with Crippen molar-refractivity contribution in [2.24, 2.45) is 5.11 Å². The Kier molecular flexibility index (Phi) is 3.56. The lowest BCUT2D eigenvalue weighted by Crippen LogP contribution is -1.95. The summed E-state index contributed by atoms with van der Waals surface area (Å²) in [6, 6.07) is 8.96. The van der Waals surface area contributed by atoms with Gasteiger partial charge >= 0.3 is 5.69 Å². The van der Waals surface area contributed by atoms with Crippen LogP contribution in [0.3, 0.4) is 0 Å². The number of ether oxygens (including phenoxy) is 1. The van der Waals surface area contributed by atoms with Crippen LogP contribution >= 0.6 is 0 Å². The SMILES string of the molecule is [N-]=[N+]=Nc1cccc(Oc2ncccc2[N+](=O)[O-])c1. The van der Waals surface area contributed by atoms with Crippen LogP contribution in [0.4, 0.5) is 11.4 Å². The number of aromatic nitrogens is 1. The first-order chi connectivity index (χ1) is 9.20. The third kappa shape index (κ3) is 2.96. The molecule has 8 heteroatoms. The van der Waals surface area contributed by atoms with E-state index in [-0.39, 0.29) is 11.6 Å². The molecular weight excluding hydrogens is 250 g/mol. The predicted octanol–water partition coefficient (Wildman–Crippen LogP) is 3.72. The second-order valence-corrected chi connectivity index (χ2v) is 3.37. The standard InChI is InChI=1S/C11H7N5O3/c12-15-14-8-3-1-4-9(7-8)19-11-10(16(17)18)5-2-6-13-11/h1-7H. The van der Waals surface area contributed by atoms with E-state index in [1.165, 1.54) is 24.4 Å². The van der Waals surface area contributed by atoms with Gasteiger partial charge in [0.2, 0.25) is 0 Å². The molecule has 0 aliphatic carbocycles. The average Bonchev–Trinajstić information content (AvgIpc) is 2.40. The Morgan fingerprint density at radius 3 is 2.95 bits per heavy atom. The van der Waals surface area contributed by atoms with Gasteiger partial charge in [-0.2, -0.15) is 0 Å². The summed E-state index contributed by atoms with van der Waals surface area (Å²) in [5.74, 6) is 0.178. The van der Waals surface area contributed by atoms with Gasteiger partial charge in [0, 0.05) is 22.9 Å². The van der Waals surface area contributed by atoms with Crippen LogP contribution in [0, 0.1) is 10.1 Å². The average molecular weight is 257 g/mol. The van der Waals surface area contributed by atoms with Crippen molar-refractivity contribution in [3.63, 3.8) is 0 Å². The van der Waals surface area contributed by atoms with E-state index in [0.717, 1.165) is 0 Å². The summed E-state index contributed by atoms with van der Waals surface area (Å²) in [4.78, 5) is 16.7. The van der Waals surface area contributed by atoms with E-state index in [2.05, 4.69) is 15.0 Å². The number of benzene rings is 1. The number of hydrogen-bond acceptors (Lipinski definition) is 5. The molecule has 94 valence electrons. The molecule has 0 spiro atoms. The van der Waals surface area contributed by atoms with Crippen LogP contribution in [-0.4, -0.2) is 9.91 Å². The van der Waals surface area contributed by atoms with Crippen molar-refractivity contribution >= 4 is 11.4 Å². The van der Waals surface area contributed by atoms with Gasteiger partial charge < -0.3 is 4.74 Å². The molecule has 0 fully saturated rings. The molecule has 1 aromatic carbocycles. The Morgan fingerprint density at radius 1 is 1.37 bits per heavy atom. The summed E-state index contributed by atoms with van der Waals surface area (Å²) in [5.41, 5.74) is 8.44. The number of hydrogen-bond donors (Lipinski definition) is 0. The Labute approximate surface area is 107 Å². The molecule has 0 atom stereocenters. The van der Waals surface area contributed by atoms with E-state index >= 15 is 0 Å². The zero-order valence-corrected chi connectivity index (χ0v) is 9.50. The fraction of sp³-hybridized carbons (Fsp3) is 0. The molecule has 1 aromatic heterocycles. The number of azide groups is 1. The molecule has 0 aliphatic rings. The third-order valence-electron chi connectivity index (χ3n) is 2.14. The van der Waals surface area contributed by atoms with Crippen LogP contribution in [0.15, 0.2) is 47.7 Å². The van der Waals surface area contributed by atoms with E-state index in [1.54, 1.807) is 18.2 Å². The summed E-state index contributed by atoms with van der Waals surface area (Å²) in [6.07, 6.45) is 1.39. The highest BCUT2D eigenvalue weighted by atomic mass is 16.6. The Morgan fingerprint density at radius 2 is 2.21 bits per heavy atom. The monoisotopic (exact) mass is 257 g/mol. The Bertz CT molecular complexity index is 667. The molecule has 1 heterocycles. The molecule has 0 unspecified atom stereocenters. The molecule has 0 radical (unpaired) electrons. The van der Waals surface area contributed by atoms with Crippen molar-refractivity contribution in [2.45, 2.75) is 0 Å². The Balaban J connectivity index is 2.33. The topological polar surface area (TPSA) is 114 Å². The molecule has 0 amide bonds. The summed E-state index contributed by atoms with van der Waals surface area (Å²) >= 11 is 0. The largest absolute Gasteiger partial charge is 0.434 e. The predicted molar refractivity (Wildman–Crippen MR) is 66.2 cm³/mol. The van der Waals surface area contributed by atoms with Gasteiger partial charge in [-0.1, -0.05) is 17.2 Å². The summed E-state index contributed by atoms with van der Waals surface area (Å²) in [6.45, 7) is 0. The van der Waals surface area contributed by atoms with Gasteiger partial charge in [-0.3, -0.25) is 10.1 Å². The third-order valence-corrected chi connectivity index (χ3v) is 2.14. The van der Waals surface area contributed by atoms with E-state index < -0.39 is 4.92 Å². The maximum atomic E-state index is 10.8. The smallest absolute Gasteiger partial charge is 0.331 e. The minimum atomic E-state index is -0.584. The normalized spacial score (nSPS) is 9.47. The highest BCUT2D eigenvalue weighted by molar-refractivity contribution is 5.47. The number of pyridine rings is 1. The van der Waals surface area contributed by atoms with Gasteiger partial charge in [-0.05, 0) is 23.7 Å². The molecule has 8 nitrogen and oxygen atoms in total. The van der Waals surface area contributed by atoms with Crippen LogP contribution in [0.25, 0.3) is 10.4 Å². The zero-order valence-electron chi connectivity index (χ0n) is 9.50. The van der Waals surface area contributed by atoms with Crippen molar-refractivity contribution in [1.82, 2.24) is 4.98 Å². The van der Waals surface area contributed by atoms with Crippen LogP contribution < -0.4 is 4.74 Å². The van der Waals surface area contributed by atoms with Crippen molar-refractivity contribution in [3.05, 3.63) is 63.2 Å². The fourth-order valence-electron chi connectivity index (χ4n) is 1.37. The van der Waals surface area contributed by atoms with E-state index in [4.69, 9.17) is 10.3 Å². The first-order valence-electron chi connectivity index (χ1n) is 5.13. The van der Waals surface area contributed by atoms with Gasteiger partial charge in [0.15, 0.2) is 0 Å². The molecule has 2 rings (SSSR count). The highest BCUT2D eigenvalue weighted by Gasteiger charge is 2.16. The molecular formula is C11H7N5O3. The molecule has 0 aliphatic heterocycles. The number of rotatable bonds is 4. The molecule has 0 saturated heterocycles. The summed E-state index contributed by atoms with van der Waals surface area (Å²) in [7, 11) is 0. The molecule has 2 aromatic rings. The van der Waals surface area contributed by atoms with Crippen molar-refractivity contribution in [3.8, 4) is 11.6 Å². The number of nitro groups is 1. The van der Waals surface area contributed by atoms with Gasteiger partial charge in [0.1, 0.15) is 5.75 Å². The highest BCUT2D eigenvalue weighted by Crippen LogP contribution is 2.30.